The lowest BCUT2D eigenvalue weighted by atomic mass is 10.2. The number of ether oxygens (including phenoxy) is 1. The van der Waals surface area contributed by atoms with Gasteiger partial charge in [-0.2, -0.15) is 13.8 Å². The maximum atomic E-state index is 12.1. The molecule has 78 valence electrons. The van der Waals surface area contributed by atoms with Crippen molar-refractivity contribution in [1.82, 2.24) is 15.5 Å². The van der Waals surface area contributed by atoms with Crippen LogP contribution in [0.5, 0.6) is 0 Å². The lowest BCUT2D eigenvalue weighted by Gasteiger charge is -2.20. The third kappa shape index (κ3) is 1.88. The fraction of sp³-hybridized carbons (Fsp3) is 0.714. The fourth-order valence-electron chi connectivity index (χ4n) is 1.21. The van der Waals surface area contributed by atoms with Crippen LogP contribution in [0.4, 0.5) is 8.78 Å². The lowest BCUT2D eigenvalue weighted by Crippen LogP contribution is -2.35. The third-order valence-corrected chi connectivity index (χ3v) is 1.88. The summed E-state index contributed by atoms with van der Waals surface area (Å²) in [6.45, 7) is 1.64. The Morgan fingerprint density at radius 3 is 2.93 bits per heavy atom. The molecule has 0 aromatic carbocycles. The van der Waals surface area contributed by atoms with Gasteiger partial charge in [-0.1, -0.05) is 5.16 Å². The van der Waals surface area contributed by atoms with E-state index < -0.39 is 12.3 Å². The molecule has 2 heterocycles. The molecule has 1 aromatic heterocycles. The van der Waals surface area contributed by atoms with Gasteiger partial charge in [-0.25, -0.2) is 0 Å². The normalized spacial score (nSPS) is 22.9. The van der Waals surface area contributed by atoms with Crippen molar-refractivity contribution in [3.63, 3.8) is 0 Å². The number of halogens is 2. The molecule has 1 aromatic rings. The molecule has 1 saturated heterocycles. The number of morpholine rings is 1. The quantitative estimate of drug-likeness (QED) is 0.768. The molecule has 5 nitrogen and oxygen atoms in total. The van der Waals surface area contributed by atoms with Crippen LogP contribution in [-0.4, -0.2) is 29.9 Å². The summed E-state index contributed by atoms with van der Waals surface area (Å²) in [4.78, 5) is 3.56. The number of hydrogen-bond acceptors (Lipinski definition) is 5. The number of alkyl halides is 2. The first-order valence-electron chi connectivity index (χ1n) is 4.20. The van der Waals surface area contributed by atoms with E-state index in [9.17, 15) is 8.78 Å². The minimum atomic E-state index is -2.72. The van der Waals surface area contributed by atoms with Crippen molar-refractivity contribution in [2.75, 3.05) is 19.8 Å². The maximum absolute atomic E-state index is 12.1. The smallest absolute Gasteiger partial charge is 0.315 e. The van der Waals surface area contributed by atoms with Crippen LogP contribution in [0.2, 0.25) is 0 Å². The molecule has 0 spiro atoms. The highest BCUT2D eigenvalue weighted by Gasteiger charge is 2.23. The molecule has 0 bridgehead atoms. The van der Waals surface area contributed by atoms with E-state index >= 15 is 0 Å². The summed E-state index contributed by atoms with van der Waals surface area (Å²) in [5.74, 6) is -0.424. The molecular formula is C7H9F2N3O2. The summed E-state index contributed by atoms with van der Waals surface area (Å²) >= 11 is 0. The summed E-state index contributed by atoms with van der Waals surface area (Å²) in [5, 5.41) is 6.49. The van der Waals surface area contributed by atoms with Gasteiger partial charge in [0.05, 0.1) is 19.3 Å². The molecule has 14 heavy (non-hydrogen) atoms. The number of rotatable bonds is 2. The first-order chi connectivity index (χ1) is 6.77. The van der Waals surface area contributed by atoms with Crippen molar-refractivity contribution in [3.8, 4) is 0 Å². The molecule has 2 rings (SSSR count). The average molecular weight is 205 g/mol. The third-order valence-electron chi connectivity index (χ3n) is 1.88. The van der Waals surface area contributed by atoms with E-state index in [4.69, 9.17) is 4.74 Å². The second-order valence-electron chi connectivity index (χ2n) is 2.87. The highest BCUT2D eigenvalue weighted by Crippen LogP contribution is 2.19. The molecule has 1 unspecified atom stereocenters. The Balaban J connectivity index is 2.07. The Kier molecular flexibility index (Phi) is 2.69. The van der Waals surface area contributed by atoms with Gasteiger partial charge < -0.3 is 14.6 Å². The molecule has 0 saturated carbocycles. The highest BCUT2D eigenvalue weighted by molar-refractivity contribution is 4.95. The van der Waals surface area contributed by atoms with Crippen molar-refractivity contribution in [1.29, 1.82) is 0 Å². The SMILES string of the molecule is FC(F)c1nc(C2COCCN2)no1. The van der Waals surface area contributed by atoms with E-state index in [0.717, 1.165) is 0 Å². The topological polar surface area (TPSA) is 60.2 Å². The maximum Gasteiger partial charge on any atom is 0.315 e. The molecule has 0 amide bonds. The number of aromatic nitrogens is 2. The molecular weight excluding hydrogens is 196 g/mol. The van der Waals surface area contributed by atoms with Crippen molar-refractivity contribution in [3.05, 3.63) is 11.7 Å². The van der Waals surface area contributed by atoms with Gasteiger partial charge in [-0.3, -0.25) is 0 Å². The molecule has 1 atom stereocenters. The molecule has 1 aliphatic rings. The molecule has 1 N–H and O–H groups in total. The number of nitrogens with zero attached hydrogens (tertiary/aromatic N) is 2. The van der Waals surface area contributed by atoms with Crippen LogP contribution >= 0.6 is 0 Å². The Bertz CT molecular complexity index is 299. The van der Waals surface area contributed by atoms with Gasteiger partial charge in [0, 0.05) is 6.54 Å². The van der Waals surface area contributed by atoms with Crippen LogP contribution in [0.1, 0.15) is 24.2 Å². The van der Waals surface area contributed by atoms with Crippen LogP contribution in [0.15, 0.2) is 4.52 Å². The zero-order valence-corrected chi connectivity index (χ0v) is 7.24. The summed E-state index contributed by atoms with van der Waals surface area (Å²) < 4.78 is 33.7. The molecule has 0 radical (unpaired) electrons. The second kappa shape index (κ2) is 3.97. The first kappa shape index (κ1) is 9.47. The summed E-state index contributed by atoms with van der Waals surface area (Å²) in [6.07, 6.45) is -2.72. The second-order valence-corrected chi connectivity index (χ2v) is 2.87. The van der Waals surface area contributed by atoms with Crippen LogP contribution in [-0.2, 0) is 4.74 Å². The lowest BCUT2D eigenvalue weighted by molar-refractivity contribution is 0.0734. The molecule has 0 aliphatic carbocycles. The van der Waals surface area contributed by atoms with Crippen molar-refractivity contribution < 1.29 is 18.0 Å². The van der Waals surface area contributed by atoms with E-state index in [-0.39, 0.29) is 11.9 Å². The van der Waals surface area contributed by atoms with Crippen molar-refractivity contribution in [2.45, 2.75) is 12.5 Å². The zero-order valence-electron chi connectivity index (χ0n) is 7.24. The van der Waals surface area contributed by atoms with Crippen molar-refractivity contribution >= 4 is 0 Å². The Morgan fingerprint density at radius 2 is 2.36 bits per heavy atom. The Morgan fingerprint density at radius 1 is 1.50 bits per heavy atom. The van der Waals surface area contributed by atoms with Gasteiger partial charge in [0.2, 0.25) is 0 Å². The zero-order chi connectivity index (χ0) is 9.97. The Labute approximate surface area is 78.4 Å². The molecule has 1 aliphatic heterocycles. The van der Waals surface area contributed by atoms with Crippen molar-refractivity contribution in [2.24, 2.45) is 0 Å². The monoisotopic (exact) mass is 205 g/mol. The van der Waals surface area contributed by atoms with Gasteiger partial charge in [-0.05, 0) is 0 Å². The van der Waals surface area contributed by atoms with E-state index in [1.165, 1.54) is 0 Å². The van der Waals surface area contributed by atoms with E-state index in [1.54, 1.807) is 0 Å². The average Bonchev–Trinajstić information content (AvgIpc) is 2.68. The number of hydrogen-bond donors (Lipinski definition) is 1. The summed E-state index contributed by atoms with van der Waals surface area (Å²) in [6, 6.07) is -0.250. The van der Waals surface area contributed by atoms with E-state index in [2.05, 4.69) is 20.0 Å². The van der Waals surface area contributed by atoms with E-state index in [1.807, 2.05) is 0 Å². The highest BCUT2D eigenvalue weighted by atomic mass is 19.3. The van der Waals surface area contributed by atoms with Gasteiger partial charge in [0.25, 0.3) is 5.89 Å². The first-order valence-corrected chi connectivity index (χ1v) is 4.20. The van der Waals surface area contributed by atoms with Crippen LogP contribution in [0.25, 0.3) is 0 Å². The van der Waals surface area contributed by atoms with Gasteiger partial charge in [0.1, 0.15) is 0 Å². The van der Waals surface area contributed by atoms with Gasteiger partial charge >= 0.3 is 6.43 Å². The molecule has 7 heteroatoms. The molecule has 1 fully saturated rings. The number of nitrogens with one attached hydrogen (secondary N) is 1. The van der Waals surface area contributed by atoms with Crippen LogP contribution in [0, 0.1) is 0 Å². The summed E-state index contributed by atoms with van der Waals surface area (Å²) in [7, 11) is 0. The minimum Gasteiger partial charge on any atom is -0.378 e. The van der Waals surface area contributed by atoms with Gasteiger partial charge in [0.15, 0.2) is 5.82 Å². The standard InChI is InChI=1S/C7H9F2N3O2/c8-5(9)7-11-6(12-14-7)4-3-13-2-1-10-4/h4-5,10H,1-3H2. The van der Waals surface area contributed by atoms with E-state index in [0.29, 0.717) is 19.8 Å². The van der Waals surface area contributed by atoms with Crippen LogP contribution in [0.3, 0.4) is 0 Å². The predicted octanol–water partition coefficient (Wildman–Crippen LogP) is 0.668. The Hall–Kier alpha value is -1.08. The predicted molar refractivity (Wildman–Crippen MR) is 40.8 cm³/mol. The fourth-order valence-corrected chi connectivity index (χ4v) is 1.21. The minimum absolute atomic E-state index is 0.222. The van der Waals surface area contributed by atoms with Gasteiger partial charge in [-0.15, -0.1) is 0 Å². The largest absolute Gasteiger partial charge is 0.378 e. The van der Waals surface area contributed by atoms with Crippen LogP contribution < -0.4 is 5.32 Å². The summed E-state index contributed by atoms with van der Waals surface area (Å²) in [5.41, 5.74) is 0.